The molecule has 0 saturated heterocycles. The van der Waals surface area contributed by atoms with Crippen LogP contribution >= 0.6 is 0 Å². The lowest BCUT2D eigenvalue weighted by atomic mass is 10.4. The van der Waals surface area contributed by atoms with Crippen LogP contribution in [-0.4, -0.2) is 45.0 Å². The Morgan fingerprint density at radius 2 is 2.35 bits per heavy atom. The summed E-state index contributed by atoms with van der Waals surface area (Å²) in [6.45, 7) is -0.245. The van der Waals surface area contributed by atoms with Gasteiger partial charge in [-0.2, -0.15) is 0 Å². The molecule has 2 amide bonds. The van der Waals surface area contributed by atoms with E-state index in [1.54, 1.807) is 17.9 Å². The summed E-state index contributed by atoms with van der Waals surface area (Å²) in [5.41, 5.74) is 1.93. The van der Waals surface area contributed by atoms with Crippen LogP contribution in [0.3, 0.4) is 0 Å². The maximum atomic E-state index is 11.1. The van der Waals surface area contributed by atoms with Gasteiger partial charge < -0.3 is 15.0 Å². The number of rotatable bonds is 6. The zero-order chi connectivity index (χ0) is 12.7. The number of aliphatic carboxylic acids is 1. The molecule has 0 saturated carbocycles. The molecule has 0 spiro atoms. The molecule has 9 nitrogen and oxygen atoms in total. The Bertz CT molecular complexity index is 391. The van der Waals surface area contributed by atoms with Gasteiger partial charge in [-0.15, -0.1) is 10.2 Å². The second-order valence-corrected chi connectivity index (χ2v) is 3.15. The molecular weight excluding hydrogens is 230 g/mol. The van der Waals surface area contributed by atoms with E-state index in [0.29, 0.717) is 13.0 Å². The molecule has 1 rings (SSSR count). The molecule has 0 atom stereocenters. The number of carboxylic acids is 1. The van der Waals surface area contributed by atoms with Crippen LogP contribution < -0.4 is 10.8 Å². The lowest BCUT2D eigenvalue weighted by molar-refractivity contribution is -0.144. The first-order valence-electron chi connectivity index (χ1n) is 4.80. The van der Waals surface area contributed by atoms with Gasteiger partial charge in [0.15, 0.2) is 6.61 Å². The molecule has 0 aromatic carbocycles. The number of hydrogen-bond acceptors (Lipinski definition) is 5. The second kappa shape index (κ2) is 6.43. The molecule has 0 unspecified atom stereocenters. The molecule has 94 valence electrons. The minimum Gasteiger partial charge on any atom is -0.479 e. The quantitative estimate of drug-likeness (QED) is 0.533. The van der Waals surface area contributed by atoms with Crippen LogP contribution in [0.1, 0.15) is 5.82 Å². The van der Waals surface area contributed by atoms with Gasteiger partial charge in [0.25, 0.3) is 0 Å². The summed E-state index contributed by atoms with van der Waals surface area (Å²) in [4.78, 5) is 25.5. The van der Waals surface area contributed by atoms with E-state index < -0.39 is 18.6 Å². The SMILES string of the molecule is Cn1cnnc1CCNC(=O)NOCC(=O)O. The first-order chi connectivity index (χ1) is 8.09. The van der Waals surface area contributed by atoms with Gasteiger partial charge in [0.05, 0.1) is 0 Å². The number of carboxylic acid groups (broad SMARTS) is 1. The summed E-state index contributed by atoms with van der Waals surface area (Å²) in [5.74, 6) is -0.430. The van der Waals surface area contributed by atoms with Gasteiger partial charge in [-0.3, -0.25) is 4.84 Å². The van der Waals surface area contributed by atoms with Gasteiger partial charge in [0.2, 0.25) is 0 Å². The van der Waals surface area contributed by atoms with E-state index in [1.165, 1.54) is 0 Å². The number of hydroxylamine groups is 1. The van der Waals surface area contributed by atoms with E-state index >= 15 is 0 Å². The number of nitrogens with zero attached hydrogens (tertiary/aromatic N) is 3. The summed E-state index contributed by atoms with van der Waals surface area (Å²) in [6.07, 6.45) is 2.08. The van der Waals surface area contributed by atoms with Crippen molar-refractivity contribution in [1.29, 1.82) is 0 Å². The summed E-state index contributed by atoms with van der Waals surface area (Å²) in [7, 11) is 1.80. The van der Waals surface area contributed by atoms with Crippen LogP contribution in [-0.2, 0) is 23.1 Å². The topological polar surface area (TPSA) is 118 Å². The van der Waals surface area contributed by atoms with Crippen molar-refractivity contribution >= 4 is 12.0 Å². The fourth-order valence-corrected chi connectivity index (χ4v) is 1.02. The molecule has 0 aliphatic rings. The number of hydrogen-bond donors (Lipinski definition) is 3. The van der Waals surface area contributed by atoms with Crippen LogP contribution in [0.4, 0.5) is 4.79 Å². The number of amides is 2. The minimum atomic E-state index is -1.16. The van der Waals surface area contributed by atoms with Gasteiger partial charge in [-0.25, -0.2) is 15.1 Å². The molecular formula is C8H13N5O4. The summed E-state index contributed by atoms with van der Waals surface area (Å²) in [5, 5.41) is 18.2. The highest BCUT2D eigenvalue weighted by molar-refractivity contribution is 5.73. The van der Waals surface area contributed by atoms with Crippen LogP contribution in [0.25, 0.3) is 0 Å². The van der Waals surface area contributed by atoms with Crippen LogP contribution in [0, 0.1) is 0 Å². The number of aromatic nitrogens is 3. The number of nitrogens with one attached hydrogen (secondary N) is 2. The average molecular weight is 243 g/mol. The van der Waals surface area contributed by atoms with Crippen molar-refractivity contribution < 1.29 is 19.5 Å². The Morgan fingerprint density at radius 1 is 1.59 bits per heavy atom. The summed E-state index contributed by atoms with van der Waals surface area (Å²) >= 11 is 0. The number of carbonyl (C=O) groups excluding carboxylic acids is 1. The van der Waals surface area contributed by atoms with Gasteiger partial charge in [0.1, 0.15) is 12.2 Å². The zero-order valence-electron chi connectivity index (χ0n) is 9.21. The third-order valence-corrected chi connectivity index (χ3v) is 1.80. The van der Waals surface area contributed by atoms with Gasteiger partial charge in [-0.1, -0.05) is 0 Å². The fraction of sp³-hybridized carbons (Fsp3) is 0.500. The van der Waals surface area contributed by atoms with E-state index in [-0.39, 0.29) is 0 Å². The molecule has 0 radical (unpaired) electrons. The van der Waals surface area contributed by atoms with Gasteiger partial charge in [0, 0.05) is 20.0 Å². The first-order valence-corrected chi connectivity index (χ1v) is 4.80. The number of urea groups is 1. The van der Waals surface area contributed by atoms with Crippen molar-refractivity contribution in [1.82, 2.24) is 25.6 Å². The van der Waals surface area contributed by atoms with E-state index in [1.807, 2.05) is 5.48 Å². The normalized spacial score (nSPS) is 9.94. The summed E-state index contributed by atoms with van der Waals surface area (Å²) in [6, 6.07) is -0.603. The average Bonchev–Trinajstić information content (AvgIpc) is 2.64. The van der Waals surface area contributed by atoms with Crippen molar-refractivity contribution in [2.45, 2.75) is 6.42 Å². The molecule has 17 heavy (non-hydrogen) atoms. The Kier molecular flexibility index (Phi) is 4.88. The van der Waals surface area contributed by atoms with Crippen molar-refractivity contribution in [2.75, 3.05) is 13.2 Å². The highest BCUT2D eigenvalue weighted by atomic mass is 16.7. The first kappa shape index (κ1) is 12.9. The molecule has 0 fully saturated rings. The highest BCUT2D eigenvalue weighted by Gasteiger charge is 2.04. The molecule has 3 N–H and O–H groups in total. The Labute approximate surface area is 96.7 Å². The largest absolute Gasteiger partial charge is 0.479 e. The Balaban J connectivity index is 2.12. The van der Waals surface area contributed by atoms with E-state index in [9.17, 15) is 9.59 Å². The van der Waals surface area contributed by atoms with Crippen molar-refractivity contribution in [3.63, 3.8) is 0 Å². The molecule has 0 bridgehead atoms. The number of aryl methyl sites for hydroxylation is 1. The minimum absolute atomic E-state index is 0.342. The van der Waals surface area contributed by atoms with Crippen molar-refractivity contribution in [2.24, 2.45) is 7.05 Å². The molecule has 1 heterocycles. The zero-order valence-corrected chi connectivity index (χ0v) is 9.21. The van der Waals surface area contributed by atoms with Crippen LogP contribution in [0.2, 0.25) is 0 Å². The van der Waals surface area contributed by atoms with Crippen LogP contribution in [0.15, 0.2) is 6.33 Å². The second-order valence-electron chi connectivity index (χ2n) is 3.15. The predicted molar refractivity (Wildman–Crippen MR) is 54.8 cm³/mol. The van der Waals surface area contributed by atoms with E-state index in [2.05, 4.69) is 20.4 Å². The monoisotopic (exact) mass is 243 g/mol. The van der Waals surface area contributed by atoms with Crippen molar-refractivity contribution in [3.05, 3.63) is 12.2 Å². The summed E-state index contributed by atoms with van der Waals surface area (Å²) < 4.78 is 1.74. The van der Waals surface area contributed by atoms with E-state index in [0.717, 1.165) is 5.82 Å². The van der Waals surface area contributed by atoms with Gasteiger partial charge >= 0.3 is 12.0 Å². The van der Waals surface area contributed by atoms with E-state index in [4.69, 9.17) is 5.11 Å². The predicted octanol–water partition coefficient (Wildman–Crippen LogP) is -1.33. The maximum absolute atomic E-state index is 11.1. The molecule has 1 aromatic heterocycles. The van der Waals surface area contributed by atoms with Gasteiger partial charge in [-0.05, 0) is 0 Å². The standard InChI is InChI=1S/C8H13N5O4/c1-13-5-10-11-6(13)2-3-9-8(16)12-17-4-7(14)15/h5H,2-4H2,1H3,(H,14,15)(H2,9,12,16). The van der Waals surface area contributed by atoms with Crippen molar-refractivity contribution in [3.8, 4) is 0 Å². The molecule has 1 aromatic rings. The highest BCUT2D eigenvalue weighted by Crippen LogP contribution is 1.90. The fourth-order valence-electron chi connectivity index (χ4n) is 1.02. The smallest absolute Gasteiger partial charge is 0.338 e. The van der Waals surface area contributed by atoms with Crippen LogP contribution in [0.5, 0.6) is 0 Å². The molecule has 0 aliphatic heterocycles. The lowest BCUT2D eigenvalue weighted by Gasteiger charge is -2.05. The lowest BCUT2D eigenvalue weighted by Crippen LogP contribution is -2.37. The Hall–Kier alpha value is -2.16. The molecule has 9 heteroatoms. The number of carbonyl (C=O) groups is 2. The molecule has 0 aliphatic carbocycles. The Morgan fingerprint density at radius 3 is 2.94 bits per heavy atom. The maximum Gasteiger partial charge on any atom is 0.338 e. The third-order valence-electron chi connectivity index (χ3n) is 1.80. The third kappa shape index (κ3) is 4.93.